The fourth-order valence-corrected chi connectivity index (χ4v) is 0.253. The van der Waals surface area contributed by atoms with Crippen molar-refractivity contribution in [1.82, 2.24) is 9.97 Å². The van der Waals surface area contributed by atoms with E-state index in [0.717, 1.165) is 13.8 Å². The molecule has 0 amide bonds. The Morgan fingerprint density at radius 1 is 1.00 bits per heavy atom. The number of carbonyl (C=O) groups excluding carboxylic acids is 2. The average Bonchev–Trinajstić information content (AvgIpc) is 2.05. The van der Waals surface area contributed by atoms with Crippen LogP contribution in [0.3, 0.4) is 0 Å². The van der Waals surface area contributed by atoms with E-state index < -0.39 is 11.9 Å². The van der Waals surface area contributed by atoms with Crippen molar-refractivity contribution in [3.05, 3.63) is 24.8 Å². The predicted molar refractivity (Wildman–Crippen MR) is 52.8 cm³/mol. The number of carboxylic acid groups (broad SMARTS) is 2. The number of hydrogen-bond donors (Lipinski definition) is 0. The van der Waals surface area contributed by atoms with Crippen LogP contribution in [-0.2, 0) is 9.59 Å². The van der Waals surface area contributed by atoms with E-state index in [1.165, 1.54) is 6.33 Å². The average molecular weight is 240 g/mol. The van der Waals surface area contributed by atoms with Crippen LogP contribution < -0.4 is 10.2 Å². The topological polar surface area (TPSA) is 138 Å². The summed E-state index contributed by atoms with van der Waals surface area (Å²) in [5.74, 6) is -2.17. The van der Waals surface area contributed by atoms with Crippen LogP contribution in [0.15, 0.2) is 24.8 Å². The second kappa shape index (κ2) is 19.3. The molecule has 0 bridgehead atoms. The van der Waals surface area contributed by atoms with Crippen LogP contribution in [0.5, 0.6) is 0 Å². The zero-order valence-corrected chi connectivity index (χ0v) is 10.5. The van der Waals surface area contributed by atoms with Gasteiger partial charge in [-0.15, -0.1) is 0 Å². The standard InChI is InChI=1S/C4H4N2.2C2H4O2.Mg.H2O/c1-2-5-4-6-3-1;2*1-2(3)4;;/h1-4H;2*1H3,(H,3,4);;1H2/q;;;+2;/p-2. The molecule has 2 N–H and O–H groups in total. The number of aromatic nitrogens is 2. The summed E-state index contributed by atoms with van der Waals surface area (Å²) in [5, 5.41) is 17.8. The van der Waals surface area contributed by atoms with Crippen molar-refractivity contribution < 1.29 is 25.3 Å². The molecular formula is C8H12MgN2O5. The monoisotopic (exact) mass is 240 g/mol. The van der Waals surface area contributed by atoms with Crippen LogP contribution in [0.4, 0.5) is 0 Å². The van der Waals surface area contributed by atoms with Crippen LogP contribution in [0.25, 0.3) is 0 Å². The fraction of sp³-hybridized carbons (Fsp3) is 0.250. The quantitative estimate of drug-likeness (QED) is 0.437. The van der Waals surface area contributed by atoms with Crippen molar-refractivity contribution in [2.75, 3.05) is 0 Å². The van der Waals surface area contributed by atoms with E-state index in [4.69, 9.17) is 19.8 Å². The largest absolute Gasteiger partial charge is 2.00 e. The van der Waals surface area contributed by atoms with Gasteiger partial charge < -0.3 is 25.3 Å². The molecule has 0 radical (unpaired) electrons. The molecule has 1 aromatic rings. The maximum absolute atomic E-state index is 8.89. The number of nitrogens with zero attached hydrogens (tertiary/aromatic N) is 2. The first-order valence-corrected chi connectivity index (χ1v) is 3.52. The minimum absolute atomic E-state index is 0. The molecule has 7 nitrogen and oxygen atoms in total. The third-order valence-electron chi connectivity index (χ3n) is 0.478. The van der Waals surface area contributed by atoms with Gasteiger partial charge in [0.25, 0.3) is 0 Å². The molecule has 0 unspecified atom stereocenters. The molecular weight excluding hydrogens is 228 g/mol. The maximum Gasteiger partial charge on any atom is 2.00 e. The van der Waals surface area contributed by atoms with Gasteiger partial charge in [-0.2, -0.15) is 0 Å². The van der Waals surface area contributed by atoms with Crippen molar-refractivity contribution in [3.8, 4) is 0 Å². The van der Waals surface area contributed by atoms with E-state index in [9.17, 15) is 0 Å². The summed E-state index contributed by atoms with van der Waals surface area (Å²) in [4.78, 5) is 25.1. The first-order chi connectivity index (χ1) is 6.46. The zero-order valence-electron chi connectivity index (χ0n) is 9.04. The van der Waals surface area contributed by atoms with E-state index in [1.54, 1.807) is 18.5 Å². The Hall–Kier alpha value is -1.25. The molecule has 1 rings (SSSR count). The third-order valence-corrected chi connectivity index (χ3v) is 0.478. The Balaban J connectivity index is -0.0000000660. The Morgan fingerprint density at radius 2 is 1.25 bits per heavy atom. The van der Waals surface area contributed by atoms with Crippen LogP contribution in [0.1, 0.15) is 13.8 Å². The molecule has 0 aliphatic carbocycles. The van der Waals surface area contributed by atoms with Crippen LogP contribution in [-0.4, -0.2) is 50.4 Å². The first kappa shape index (κ1) is 24.1. The molecule has 1 heterocycles. The fourth-order valence-electron chi connectivity index (χ4n) is 0.253. The molecule has 0 saturated carbocycles. The predicted octanol–water partition coefficient (Wildman–Crippen LogP) is -3.22. The second-order valence-corrected chi connectivity index (χ2v) is 1.89. The summed E-state index contributed by atoms with van der Waals surface area (Å²) in [7, 11) is 0. The van der Waals surface area contributed by atoms with Gasteiger partial charge in [0.05, 0.1) is 0 Å². The summed E-state index contributed by atoms with van der Waals surface area (Å²) in [6, 6.07) is 1.78. The van der Waals surface area contributed by atoms with Crippen molar-refractivity contribution in [3.63, 3.8) is 0 Å². The number of rotatable bonds is 0. The molecule has 0 spiro atoms. The summed E-state index contributed by atoms with van der Waals surface area (Å²) < 4.78 is 0. The summed E-state index contributed by atoms with van der Waals surface area (Å²) in [6.45, 7) is 1.94. The van der Waals surface area contributed by atoms with Crippen molar-refractivity contribution in [2.24, 2.45) is 0 Å². The van der Waals surface area contributed by atoms with Gasteiger partial charge in [-0.3, -0.25) is 0 Å². The first-order valence-electron chi connectivity index (χ1n) is 3.52. The molecule has 0 saturated heterocycles. The summed E-state index contributed by atoms with van der Waals surface area (Å²) in [6.07, 6.45) is 4.88. The molecule has 8 heteroatoms. The van der Waals surface area contributed by atoms with Gasteiger partial charge >= 0.3 is 23.1 Å². The van der Waals surface area contributed by atoms with Gasteiger partial charge in [0.2, 0.25) is 0 Å². The van der Waals surface area contributed by atoms with Crippen molar-refractivity contribution in [2.45, 2.75) is 13.8 Å². The van der Waals surface area contributed by atoms with E-state index >= 15 is 0 Å². The van der Waals surface area contributed by atoms with Crippen LogP contribution in [0, 0.1) is 0 Å². The third kappa shape index (κ3) is 78.1. The molecule has 0 aromatic carbocycles. The molecule has 1 aromatic heterocycles. The molecule has 0 aliphatic heterocycles. The molecule has 86 valence electrons. The summed E-state index contributed by atoms with van der Waals surface area (Å²) in [5.41, 5.74) is 0. The van der Waals surface area contributed by atoms with E-state index in [0.29, 0.717) is 0 Å². The van der Waals surface area contributed by atoms with Crippen LogP contribution in [0.2, 0.25) is 0 Å². The van der Waals surface area contributed by atoms with E-state index in [1.807, 2.05) is 0 Å². The normalized spacial score (nSPS) is 6.12. The van der Waals surface area contributed by atoms with Gasteiger partial charge in [-0.05, 0) is 19.9 Å². The second-order valence-electron chi connectivity index (χ2n) is 1.89. The summed E-state index contributed by atoms with van der Waals surface area (Å²) >= 11 is 0. The Kier molecular flexibility index (Phi) is 29.2. The van der Waals surface area contributed by atoms with Gasteiger partial charge in [0.1, 0.15) is 6.33 Å². The minimum atomic E-state index is -1.08. The Bertz CT molecular complexity index is 211. The maximum atomic E-state index is 8.89. The van der Waals surface area contributed by atoms with Crippen molar-refractivity contribution in [1.29, 1.82) is 0 Å². The van der Waals surface area contributed by atoms with Gasteiger partial charge in [0.15, 0.2) is 0 Å². The van der Waals surface area contributed by atoms with Crippen LogP contribution >= 0.6 is 0 Å². The molecule has 0 aliphatic rings. The number of aliphatic carboxylic acids is 2. The number of hydrogen-bond acceptors (Lipinski definition) is 6. The Labute approximate surface area is 109 Å². The van der Waals surface area contributed by atoms with Crippen molar-refractivity contribution >= 4 is 35.0 Å². The minimum Gasteiger partial charge on any atom is -0.550 e. The van der Waals surface area contributed by atoms with E-state index in [2.05, 4.69) is 9.97 Å². The number of carbonyl (C=O) groups is 2. The zero-order chi connectivity index (χ0) is 11.4. The smallest absolute Gasteiger partial charge is 0.550 e. The van der Waals surface area contributed by atoms with Gasteiger partial charge in [-0.25, -0.2) is 9.97 Å². The molecule has 0 fully saturated rings. The van der Waals surface area contributed by atoms with Gasteiger partial charge in [-0.1, -0.05) is 0 Å². The SMILES string of the molecule is CC(=O)[O-].CC(=O)[O-].O.[Mg+2].c1cncnc1. The molecule has 0 atom stereocenters. The Morgan fingerprint density at radius 3 is 1.31 bits per heavy atom. The molecule has 16 heavy (non-hydrogen) atoms. The van der Waals surface area contributed by atoms with Gasteiger partial charge in [0, 0.05) is 24.3 Å². The number of carboxylic acids is 2. The van der Waals surface area contributed by atoms with E-state index in [-0.39, 0.29) is 28.5 Å².